The van der Waals surface area contributed by atoms with E-state index in [0.29, 0.717) is 37.5 Å². The largest absolute Gasteiger partial charge is 0.507 e. The molecule has 2 heterocycles. The van der Waals surface area contributed by atoms with Gasteiger partial charge < -0.3 is 24.4 Å². The van der Waals surface area contributed by atoms with Crippen LogP contribution in [0.1, 0.15) is 37.4 Å². The monoisotopic (exact) mass is 436 g/mol. The molecule has 4 rings (SSSR count). The lowest BCUT2D eigenvalue weighted by molar-refractivity contribution is -0.139. The molecule has 0 aromatic heterocycles. The van der Waals surface area contributed by atoms with Crippen LogP contribution in [0.4, 0.5) is 5.69 Å². The number of Topliss-reactive ketones (excluding diaryl/α,β-unsaturated/α-hetero) is 1. The topological polar surface area (TPSA) is 79.3 Å². The van der Waals surface area contributed by atoms with Gasteiger partial charge in [0.05, 0.1) is 30.5 Å². The number of fused-ring (bicyclic) bond motifs is 1. The van der Waals surface area contributed by atoms with E-state index in [2.05, 4.69) is 0 Å². The summed E-state index contributed by atoms with van der Waals surface area (Å²) in [6, 6.07) is 12.0. The number of ketones is 1. The van der Waals surface area contributed by atoms with Crippen LogP contribution < -0.4 is 14.4 Å². The maximum absolute atomic E-state index is 13.1. The third-order valence-electron chi connectivity index (χ3n) is 5.82. The van der Waals surface area contributed by atoms with E-state index in [0.717, 1.165) is 23.5 Å². The van der Waals surface area contributed by atoms with E-state index in [1.54, 1.807) is 18.2 Å². The van der Waals surface area contributed by atoms with Crippen LogP contribution in [0, 0.1) is 0 Å². The molecule has 1 unspecified atom stereocenters. The van der Waals surface area contributed by atoms with Gasteiger partial charge in [0.1, 0.15) is 23.9 Å². The van der Waals surface area contributed by atoms with E-state index in [1.165, 1.54) is 4.90 Å². The number of rotatable bonds is 6. The Balaban J connectivity index is 1.85. The summed E-state index contributed by atoms with van der Waals surface area (Å²) in [7, 11) is 1.95. The molecule has 32 heavy (non-hydrogen) atoms. The van der Waals surface area contributed by atoms with Crippen LogP contribution in [-0.2, 0) is 9.59 Å². The van der Waals surface area contributed by atoms with E-state index >= 15 is 0 Å². The molecule has 0 aliphatic carbocycles. The molecule has 0 radical (unpaired) electrons. The Labute approximate surface area is 187 Å². The first-order chi connectivity index (χ1) is 15.5. The summed E-state index contributed by atoms with van der Waals surface area (Å²) in [6.45, 7) is 6.07. The van der Waals surface area contributed by atoms with Crippen LogP contribution in [0.25, 0.3) is 5.76 Å². The number of anilines is 1. The fraction of sp³-hybridized carbons (Fsp3) is 0.360. The zero-order chi connectivity index (χ0) is 22.8. The molecule has 1 amide bonds. The molecule has 1 saturated heterocycles. The Kier molecular flexibility index (Phi) is 6.08. The number of aliphatic hydroxyl groups excluding tert-OH is 1. The van der Waals surface area contributed by atoms with E-state index < -0.39 is 17.7 Å². The van der Waals surface area contributed by atoms with Crippen molar-refractivity contribution in [1.82, 2.24) is 4.90 Å². The fourth-order valence-electron chi connectivity index (χ4n) is 4.29. The normalized spacial score (nSPS) is 19.7. The number of amides is 1. The first kappa shape index (κ1) is 21.7. The third kappa shape index (κ3) is 3.79. The number of benzene rings is 2. The SMILES string of the molecule is CCCN1C(=O)C(=O)/C(=C(\O)c2ccc3c(c2)N(C)CCO3)C1c1cccc(OCC)c1. The summed E-state index contributed by atoms with van der Waals surface area (Å²) in [6.07, 6.45) is 0.690. The van der Waals surface area contributed by atoms with Crippen LogP contribution >= 0.6 is 0 Å². The minimum atomic E-state index is -0.680. The number of hydrogen-bond donors (Lipinski definition) is 1. The van der Waals surface area contributed by atoms with Crippen molar-refractivity contribution in [2.45, 2.75) is 26.3 Å². The molecule has 1 atom stereocenters. The number of carbonyl (C=O) groups is 2. The molecule has 2 aliphatic heterocycles. The molecule has 168 valence electrons. The van der Waals surface area contributed by atoms with Gasteiger partial charge in [-0.05, 0) is 49.2 Å². The van der Waals surface area contributed by atoms with Gasteiger partial charge in [0.15, 0.2) is 0 Å². The summed E-state index contributed by atoms with van der Waals surface area (Å²) in [5.74, 6) is -0.0819. The van der Waals surface area contributed by atoms with Gasteiger partial charge in [-0.25, -0.2) is 0 Å². The summed E-state index contributed by atoms with van der Waals surface area (Å²) in [5.41, 5.74) is 2.12. The highest BCUT2D eigenvalue weighted by Crippen LogP contribution is 2.41. The van der Waals surface area contributed by atoms with Crippen LogP contribution in [0.3, 0.4) is 0 Å². The summed E-state index contributed by atoms with van der Waals surface area (Å²) in [5, 5.41) is 11.3. The van der Waals surface area contributed by atoms with Crippen LogP contribution in [0.2, 0.25) is 0 Å². The van der Waals surface area contributed by atoms with Gasteiger partial charge >= 0.3 is 0 Å². The molecule has 2 aromatic carbocycles. The van der Waals surface area contributed by atoms with Crippen LogP contribution in [-0.4, -0.2) is 55.0 Å². The van der Waals surface area contributed by atoms with Crippen molar-refractivity contribution in [1.29, 1.82) is 0 Å². The number of likely N-dealkylation sites (N-methyl/N-ethyl adjacent to an activating group) is 1. The van der Waals surface area contributed by atoms with Gasteiger partial charge in [-0.2, -0.15) is 0 Å². The van der Waals surface area contributed by atoms with Crippen molar-refractivity contribution in [2.24, 2.45) is 0 Å². The quantitative estimate of drug-likeness (QED) is 0.422. The molecule has 1 N–H and O–H groups in total. The zero-order valence-corrected chi connectivity index (χ0v) is 18.6. The Bertz CT molecular complexity index is 1080. The Hall–Kier alpha value is -3.48. The maximum Gasteiger partial charge on any atom is 0.295 e. The fourth-order valence-corrected chi connectivity index (χ4v) is 4.29. The van der Waals surface area contributed by atoms with Crippen molar-refractivity contribution < 1.29 is 24.2 Å². The van der Waals surface area contributed by atoms with E-state index in [1.807, 2.05) is 50.1 Å². The molecular weight excluding hydrogens is 408 g/mol. The van der Waals surface area contributed by atoms with Crippen LogP contribution in [0.15, 0.2) is 48.0 Å². The molecule has 0 spiro atoms. The minimum Gasteiger partial charge on any atom is -0.507 e. The van der Waals surface area contributed by atoms with Crippen molar-refractivity contribution in [3.05, 3.63) is 59.2 Å². The Morgan fingerprint density at radius 2 is 2.00 bits per heavy atom. The smallest absolute Gasteiger partial charge is 0.295 e. The first-order valence-electron chi connectivity index (χ1n) is 11.0. The van der Waals surface area contributed by atoms with Gasteiger partial charge in [0.2, 0.25) is 0 Å². The number of likely N-dealkylation sites (tertiary alicyclic amines) is 1. The predicted molar refractivity (Wildman–Crippen MR) is 122 cm³/mol. The van der Waals surface area contributed by atoms with Crippen molar-refractivity contribution >= 4 is 23.1 Å². The zero-order valence-electron chi connectivity index (χ0n) is 18.6. The third-order valence-corrected chi connectivity index (χ3v) is 5.82. The molecule has 2 aromatic rings. The minimum absolute atomic E-state index is 0.0939. The van der Waals surface area contributed by atoms with Gasteiger partial charge in [-0.3, -0.25) is 9.59 Å². The summed E-state index contributed by atoms with van der Waals surface area (Å²) < 4.78 is 11.3. The van der Waals surface area contributed by atoms with Gasteiger partial charge in [-0.15, -0.1) is 0 Å². The van der Waals surface area contributed by atoms with Crippen molar-refractivity contribution in [3.63, 3.8) is 0 Å². The molecule has 7 heteroatoms. The maximum atomic E-state index is 13.1. The highest BCUT2D eigenvalue weighted by Gasteiger charge is 2.45. The molecule has 0 saturated carbocycles. The van der Waals surface area contributed by atoms with Crippen LogP contribution in [0.5, 0.6) is 11.5 Å². The lowest BCUT2D eigenvalue weighted by Crippen LogP contribution is -2.30. The number of nitrogens with zero attached hydrogens (tertiary/aromatic N) is 2. The standard InChI is InChI=1S/C25H28N2O5/c1-4-11-27-22(16-7-6-8-18(14-16)31-5-2)21(24(29)25(27)30)23(28)17-9-10-20-19(15-17)26(3)12-13-32-20/h6-10,14-15,22,28H,4-5,11-13H2,1-3H3/b23-21-. The van der Waals surface area contributed by atoms with E-state index in [4.69, 9.17) is 9.47 Å². The lowest BCUT2D eigenvalue weighted by Gasteiger charge is -2.28. The average Bonchev–Trinajstić information content (AvgIpc) is 3.04. The molecular formula is C25H28N2O5. The number of ether oxygens (including phenoxy) is 2. The first-order valence-corrected chi connectivity index (χ1v) is 11.0. The van der Waals surface area contributed by atoms with Gasteiger partial charge in [0.25, 0.3) is 11.7 Å². The lowest BCUT2D eigenvalue weighted by atomic mass is 9.94. The summed E-state index contributed by atoms with van der Waals surface area (Å²) in [4.78, 5) is 29.5. The highest BCUT2D eigenvalue weighted by atomic mass is 16.5. The number of carbonyl (C=O) groups excluding carboxylic acids is 2. The second-order valence-electron chi connectivity index (χ2n) is 7.95. The Morgan fingerprint density at radius 3 is 2.75 bits per heavy atom. The van der Waals surface area contributed by atoms with Crippen molar-refractivity contribution in [3.8, 4) is 11.5 Å². The highest BCUT2D eigenvalue weighted by molar-refractivity contribution is 6.46. The second-order valence-corrected chi connectivity index (χ2v) is 7.95. The average molecular weight is 437 g/mol. The molecule has 1 fully saturated rings. The predicted octanol–water partition coefficient (Wildman–Crippen LogP) is 3.75. The Morgan fingerprint density at radius 1 is 1.19 bits per heavy atom. The van der Waals surface area contributed by atoms with Gasteiger partial charge in [-0.1, -0.05) is 19.1 Å². The summed E-state index contributed by atoms with van der Waals surface area (Å²) >= 11 is 0. The van der Waals surface area contributed by atoms with Crippen molar-refractivity contribution in [2.75, 3.05) is 38.3 Å². The van der Waals surface area contributed by atoms with E-state index in [9.17, 15) is 14.7 Å². The number of hydrogen-bond acceptors (Lipinski definition) is 6. The van der Waals surface area contributed by atoms with Gasteiger partial charge in [0, 0.05) is 19.2 Å². The second kappa shape index (κ2) is 8.94. The van der Waals surface area contributed by atoms with E-state index in [-0.39, 0.29) is 11.3 Å². The molecule has 2 aliphatic rings. The molecule has 0 bridgehead atoms. The molecule has 7 nitrogen and oxygen atoms in total. The number of aliphatic hydroxyl groups is 1.